The number of carbonyl (C=O) groups is 3. The second-order valence-electron chi connectivity index (χ2n) is 17.3. The van der Waals surface area contributed by atoms with Crippen LogP contribution in [0.15, 0.2) is 142 Å². The normalized spacial score (nSPS) is 13.1. The van der Waals surface area contributed by atoms with Gasteiger partial charge in [-0.3, -0.25) is 14.4 Å². The molecule has 0 aliphatic carbocycles. The number of nitriles is 2. The summed E-state index contributed by atoms with van der Waals surface area (Å²) in [5, 5.41) is 37.4. The summed E-state index contributed by atoms with van der Waals surface area (Å²) >= 11 is 0. The predicted octanol–water partition coefficient (Wildman–Crippen LogP) is 14.3. The summed E-state index contributed by atoms with van der Waals surface area (Å²) in [5.74, 6) is 0.0254. The molecule has 5 aromatic rings. The summed E-state index contributed by atoms with van der Waals surface area (Å²) in [5.41, 5.74) is 5.13. The van der Waals surface area contributed by atoms with E-state index in [2.05, 4.69) is 63.6 Å². The van der Waals surface area contributed by atoms with Crippen LogP contribution in [-0.4, -0.2) is 50.3 Å². The molecular formula is C56H66N8O6. The Morgan fingerprint density at radius 2 is 1.06 bits per heavy atom. The zero-order valence-electron chi connectivity index (χ0n) is 41.8. The van der Waals surface area contributed by atoms with Gasteiger partial charge < -0.3 is 24.4 Å². The Bertz CT molecular complexity index is 2570. The first-order valence-corrected chi connectivity index (χ1v) is 23.9. The average molecular weight is 947 g/mol. The topological polar surface area (TPSA) is 191 Å². The lowest BCUT2D eigenvalue weighted by Gasteiger charge is -2.30. The summed E-state index contributed by atoms with van der Waals surface area (Å²) in [6.45, 7) is 18.0. The van der Waals surface area contributed by atoms with Crippen LogP contribution in [0.5, 0.6) is 5.75 Å². The highest BCUT2D eigenvalue weighted by atomic mass is 16.6. The van der Waals surface area contributed by atoms with E-state index in [9.17, 15) is 14.4 Å². The standard InChI is InChI=1S/C30H32N4O4.C26H34N4O2/c1-4-18-30(3,5-2)29(36)38-20-19-37-27-16-8-23(9-17-27)28(35)32-24-12-14-26(15-13-24)34-33-25-10-6-22(21-31)7-11-25;1-6-17-26(5,7-2)25(31)32-20(4)19-30(8-3)24-15-13-23(14-16-24)29-28-22-11-9-21(18-27)10-12-22/h6-17H,4-5,18-20H2,1-3H3,(H,32,35);9-16,20H,6-8,17,19H2,1-5H3. The summed E-state index contributed by atoms with van der Waals surface area (Å²) in [6, 6.07) is 39.5. The molecule has 1 amide bonds. The molecule has 0 aliphatic rings. The monoisotopic (exact) mass is 947 g/mol. The van der Waals surface area contributed by atoms with Gasteiger partial charge in [-0.05, 0) is 175 Å². The van der Waals surface area contributed by atoms with E-state index >= 15 is 0 Å². The van der Waals surface area contributed by atoms with Crippen molar-refractivity contribution in [3.63, 3.8) is 0 Å². The van der Waals surface area contributed by atoms with Gasteiger partial charge in [0.05, 0.1) is 63.4 Å². The molecule has 3 unspecified atom stereocenters. The Labute approximate surface area is 413 Å². The minimum Gasteiger partial charge on any atom is -0.490 e. The third-order valence-electron chi connectivity index (χ3n) is 11.9. The molecule has 0 radical (unpaired) electrons. The van der Waals surface area contributed by atoms with Crippen LogP contribution in [-0.2, 0) is 19.1 Å². The largest absolute Gasteiger partial charge is 0.490 e. The van der Waals surface area contributed by atoms with Crippen LogP contribution in [0.25, 0.3) is 0 Å². The second kappa shape index (κ2) is 27.9. The van der Waals surface area contributed by atoms with Gasteiger partial charge in [0, 0.05) is 23.5 Å². The Hall–Kier alpha value is -7.71. The molecule has 70 heavy (non-hydrogen) atoms. The van der Waals surface area contributed by atoms with Crippen LogP contribution in [0, 0.1) is 33.5 Å². The van der Waals surface area contributed by atoms with Gasteiger partial charge in [-0.2, -0.15) is 31.0 Å². The minimum atomic E-state index is -0.458. The fourth-order valence-electron chi connectivity index (χ4n) is 7.19. The first-order valence-electron chi connectivity index (χ1n) is 23.9. The minimum absolute atomic E-state index is 0.107. The summed E-state index contributed by atoms with van der Waals surface area (Å²) in [7, 11) is 0. The molecule has 0 heterocycles. The van der Waals surface area contributed by atoms with E-state index in [0.717, 1.165) is 56.4 Å². The van der Waals surface area contributed by atoms with Gasteiger partial charge >= 0.3 is 11.9 Å². The van der Waals surface area contributed by atoms with Crippen LogP contribution in [0.4, 0.5) is 34.1 Å². The molecule has 5 aromatic carbocycles. The average Bonchev–Trinajstić information content (AvgIpc) is 3.39. The van der Waals surface area contributed by atoms with E-state index in [4.69, 9.17) is 24.7 Å². The number of likely N-dealkylation sites (N-methyl/N-ethyl adjacent to an activating group) is 1. The van der Waals surface area contributed by atoms with E-state index in [1.54, 1.807) is 97.1 Å². The molecule has 366 valence electrons. The van der Waals surface area contributed by atoms with Crippen molar-refractivity contribution in [2.75, 3.05) is 36.5 Å². The number of hydrogen-bond donors (Lipinski definition) is 1. The van der Waals surface area contributed by atoms with Gasteiger partial charge in [0.25, 0.3) is 5.91 Å². The second-order valence-corrected chi connectivity index (χ2v) is 17.3. The van der Waals surface area contributed by atoms with Gasteiger partial charge in [-0.15, -0.1) is 0 Å². The quantitative estimate of drug-likeness (QED) is 0.0377. The molecule has 14 nitrogen and oxygen atoms in total. The number of azo groups is 2. The maximum atomic E-state index is 12.7. The smallest absolute Gasteiger partial charge is 0.312 e. The van der Waals surface area contributed by atoms with E-state index in [0.29, 0.717) is 51.7 Å². The van der Waals surface area contributed by atoms with Crippen molar-refractivity contribution in [2.24, 2.45) is 31.3 Å². The lowest BCUT2D eigenvalue weighted by Crippen LogP contribution is -2.37. The van der Waals surface area contributed by atoms with Crippen molar-refractivity contribution in [1.82, 2.24) is 0 Å². The molecule has 5 rings (SSSR count). The molecule has 14 heteroatoms. The molecular weight excluding hydrogens is 881 g/mol. The van der Waals surface area contributed by atoms with Gasteiger partial charge in [0.1, 0.15) is 25.1 Å². The van der Waals surface area contributed by atoms with Crippen LogP contribution >= 0.6 is 0 Å². The van der Waals surface area contributed by atoms with Crippen molar-refractivity contribution < 1.29 is 28.6 Å². The van der Waals surface area contributed by atoms with Crippen molar-refractivity contribution in [3.8, 4) is 17.9 Å². The first-order chi connectivity index (χ1) is 33.7. The highest BCUT2D eigenvalue weighted by Gasteiger charge is 2.33. The van der Waals surface area contributed by atoms with Gasteiger partial charge in [-0.25, -0.2) is 0 Å². The van der Waals surface area contributed by atoms with Crippen molar-refractivity contribution >= 4 is 52.0 Å². The molecule has 0 saturated heterocycles. The number of nitrogens with one attached hydrogen (secondary N) is 1. The number of anilines is 2. The van der Waals surface area contributed by atoms with Crippen LogP contribution in [0.1, 0.15) is 115 Å². The number of hydrogen-bond acceptors (Lipinski definition) is 13. The first kappa shape index (κ1) is 54.9. The summed E-state index contributed by atoms with van der Waals surface area (Å²) < 4.78 is 16.9. The highest BCUT2D eigenvalue weighted by molar-refractivity contribution is 6.04. The number of amides is 1. The number of benzene rings is 5. The van der Waals surface area contributed by atoms with Gasteiger partial charge in [-0.1, -0.05) is 40.5 Å². The number of carbonyl (C=O) groups excluding carboxylic acids is 3. The molecule has 0 bridgehead atoms. The molecule has 0 aliphatic heterocycles. The summed E-state index contributed by atoms with van der Waals surface area (Å²) in [4.78, 5) is 39.8. The Balaban J connectivity index is 0.000000309. The number of ether oxygens (including phenoxy) is 3. The van der Waals surface area contributed by atoms with E-state index in [1.165, 1.54) is 0 Å². The lowest BCUT2D eigenvalue weighted by atomic mass is 9.83. The zero-order chi connectivity index (χ0) is 50.9. The molecule has 0 aromatic heterocycles. The predicted molar refractivity (Wildman–Crippen MR) is 274 cm³/mol. The van der Waals surface area contributed by atoms with Crippen LogP contribution in [0.2, 0.25) is 0 Å². The van der Waals surface area contributed by atoms with Crippen LogP contribution in [0.3, 0.4) is 0 Å². The Morgan fingerprint density at radius 1 is 0.614 bits per heavy atom. The number of nitrogens with zero attached hydrogens (tertiary/aromatic N) is 7. The van der Waals surface area contributed by atoms with Gasteiger partial charge in [0.2, 0.25) is 0 Å². The number of esters is 2. The van der Waals surface area contributed by atoms with E-state index in [1.807, 2.05) is 58.9 Å². The van der Waals surface area contributed by atoms with Gasteiger partial charge in [0.15, 0.2) is 0 Å². The number of rotatable bonds is 23. The Morgan fingerprint density at radius 3 is 1.49 bits per heavy atom. The van der Waals surface area contributed by atoms with Crippen molar-refractivity contribution in [1.29, 1.82) is 10.5 Å². The molecule has 0 spiro atoms. The van der Waals surface area contributed by atoms with Crippen molar-refractivity contribution in [3.05, 3.63) is 138 Å². The summed E-state index contributed by atoms with van der Waals surface area (Å²) in [6.07, 6.45) is 4.83. The third-order valence-corrected chi connectivity index (χ3v) is 11.9. The van der Waals surface area contributed by atoms with E-state index < -0.39 is 10.8 Å². The fourth-order valence-corrected chi connectivity index (χ4v) is 7.19. The van der Waals surface area contributed by atoms with Crippen molar-refractivity contribution in [2.45, 2.75) is 100 Å². The Kier molecular flexibility index (Phi) is 21.9. The van der Waals surface area contributed by atoms with E-state index in [-0.39, 0.29) is 37.2 Å². The fraction of sp³-hybridized carbons (Fsp3) is 0.375. The molecule has 1 N–H and O–H groups in total. The third kappa shape index (κ3) is 17.1. The maximum Gasteiger partial charge on any atom is 0.312 e. The zero-order valence-corrected chi connectivity index (χ0v) is 41.8. The SMILES string of the molecule is CCCC(C)(CC)C(=O)OC(C)CN(CC)c1ccc(N=Nc2ccc(C#N)cc2)cc1.CCCC(C)(CC)C(=O)OCCOc1ccc(C(=O)Nc2ccc(N=Nc3ccc(C#N)cc3)cc2)cc1. The molecule has 0 saturated carbocycles. The highest BCUT2D eigenvalue weighted by Crippen LogP contribution is 2.31. The molecule has 0 fully saturated rings. The molecule has 3 atom stereocenters. The lowest BCUT2D eigenvalue weighted by molar-refractivity contribution is -0.160. The maximum absolute atomic E-state index is 12.7. The van der Waals surface area contributed by atoms with Crippen LogP contribution < -0.4 is 15.0 Å².